The van der Waals surface area contributed by atoms with Crippen LogP contribution in [0.3, 0.4) is 0 Å². The van der Waals surface area contributed by atoms with Crippen molar-refractivity contribution in [2.24, 2.45) is 4.99 Å². The molecule has 1 aromatic carbocycles. The predicted octanol–water partition coefficient (Wildman–Crippen LogP) is 2.51. The van der Waals surface area contributed by atoms with Gasteiger partial charge >= 0.3 is 0 Å². The highest BCUT2D eigenvalue weighted by molar-refractivity contribution is 5.90. The van der Waals surface area contributed by atoms with Crippen LogP contribution in [-0.2, 0) is 11.3 Å². The molecule has 23 heavy (non-hydrogen) atoms. The van der Waals surface area contributed by atoms with Gasteiger partial charge in [-0.15, -0.1) is 0 Å². The molecule has 0 aromatic heterocycles. The molecule has 0 atom stereocenters. The Balaban J connectivity index is 2.80. The quantitative estimate of drug-likeness (QED) is 0.391. The minimum atomic E-state index is -0.126. The number of rotatable bonds is 8. The molecule has 0 aliphatic carbocycles. The summed E-state index contributed by atoms with van der Waals surface area (Å²) in [5, 5.41) is 9.31. The molecular formula is C17H28N4O2. The van der Waals surface area contributed by atoms with Crippen LogP contribution in [0.15, 0.2) is 23.2 Å². The van der Waals surface area contributed by atoms with Gasteiger partial charge in [-0.05, 0) is 31.0 Å². The average Bonchev–Trinajstić information content (AvgIpc) is 2.52. The van der Waals surface area contributed by atoms with E-state index in [1.807, 2.05) is 25.1 Å². The number of carbonyl (C=O) groups excluding carboxylic acids is 1. The number of aliphatic imine (C=N–C) groups is 1. The second-order valence-corrected chi connectivity index (χ2v) is 5.19. The lowest BCUT2D eigenvalue weighted by Crippen LogP contribution is -2.37. The third kappa shape index (κ3) is 7.04. The van der Waals surface area contributed by atoms with E-state index in [1.165, 1.54) is 6.92 Å². The van der Waals surface area contributed by atoms with E-state index in [4.69, 9.17) is 4.74 Å². The van der Waals surface area contributed by atoms with Crippen molar-refractivity contribution in [3.8, 4) is 5.75 Å². The van der Waals surface area contributed by atoms with Gasteiger partial charge in [0, 0.05) is 20.0 Å². The molecule has 0 spiro atoms. The van der Waals surface area contributed by atoms with E-state index in [1.54, 1.807) is 7.11 Å². The van der Waals surface area contributed by atoms with Crippen molar-refractivity contribution in [3.63, 3.8) is 0 Å². The number of nitrogens with zero attached hydrogens (tertiary/aromatic N) is 1. The first-order chi connectivity index (χ1) is 11.1. The normalized spacial score (nSPS) is 11.0. The highest BCUT2D eigenvalue weighted by Gasteiger charge is 2.06. The maximum atomic E-state index is 11.3. The Morgan fingerprint density at radius 1 is 1.26 bits per heavy atom. The maximum absolute atomic E-state index is 11.3. The van der Waals surface area contributed by atoms with E-state index in [2.05, 4.69) is 27.9 Å². The van der Waals surface area contributed by atoms with Gasteiger partial charge in [0.15, 0.2) is 5.96 Å². The number of hydrogen-bond acceptors (Lipinski definition) is 3. The standard InChI is InChI=1S/C17H28N4O2/c1-5-7-10-19-17(18-6-2)20-12-14-8-9-16(23-4)15(11-14)21-13(3)22/h8-9,11H,5-7,10,12H2,1-4H3,(H,21,22)(H2,18,19,20). The molecule has 0 bridgehead atoms. The molecule has 0 radical (unpaired) electrons. The lowest BCUT2D eigenvalue weighted by Gasteiger charge is -2.12. The van der Waals surface area contributed by atoms with Gasteiger partial charge in [-0.2, -0.15) is 0 Å². The second kappa shape index (κ2) is 10.5. The van der Waals surface area contributed by atoms with E-state index < -0.39 is 0 Å². The van der Waals surface area contributed by atoms with Crippen molar-refractivity contribution in [2.45, 2.75) is 40.2 Å². The van der Waals surface area contributed by atoms with Crippen molar-refractivity contribution < 1.29 is 9.53 Å². The summed E-state index contributed by atoms with van der Waals surface area (Å²) >= 11 is 0. The predicted molar refractivity (Wildman–Crippen MR) is 95.0 cm³/mol. The first kappa shape index (κ1) is 18.8. The molecule has 1 amide bonds. The Bertz CT molecular complexity index is 529. The first-order valence-electron chi connectivity index (χ1n) is 8.07. The zero-order valence-electron chi connectivity index (χ0n) is 14.5. The number of amides is 1. The van der Waals surface area contributed by atoms with Gasteiger partial charge < -0.3 is 20.7 Å². The van der Waals surface area contributed by atoms with Crippen molar-refractivity contribution >= 4 is 17.6 Å². The number of guanidine groups is 1. The third-order valence-corrected chi connectivity index (χ3v) is 3.16. The molecular weight excluding hydrogens is 292 g/mol. The summed E-state index contributed by atoms with van der Waals surface area (Å²) in [5.41, 5.74) is 1.67. The SMILES string of the molecule is CCCCNC(=NCc1ccc(OC)c(NC(C)=O)c1)NCC. The van der Waals surface area contributed by atoms with Crippen LogP contribution in [0, 0.1) is 0 Å². The molecule has 0 saturated heterocycles. The van der Waals surface area contributed by atoms with Crippen LogP contribution in [0.1, 0.15) is 39.2 Å². The fourth-order valence-corrected chi connectivity index (χ4v) is 2.04. The molecule has 0 saturated carbocycles. The van der Waals surface area contributed by atoms with E-state index in [0.29, 0.717) is 18.0 Å². The van der Waals surface area contributed by atoms with Crippen LogP contribution in [0.5, 0.6) is 5.75 Å². The number of nitrogens with one attached hydrogen (secondary N) is 3. The number of ether oxygens (including phenoxy) is 1. The van der Waals surface area contributed by atoms with Gasteiger partial charge in [0.1, 0.15) is 5.75 Å². The van der Waals surface area contributed by atoms with Crippen LogP contribution in [0.2, 0.25) is 0 Å². The molecule has 0 heterocycles. The van der Waals surface area contributed by atoms with Crippen molar-refractivity contribution in [2.75, 3.05) is 25.5 Å². The molecule has 128 valence electrons. The average molecular weight is 320 g/mol. The van der Waals surface area contributed by atoms with Gasteiger partial charge in [0.2, 0.25) is 5.91 Å². The Hall–Kier alpha value is -2.24. The van der Waals surface area contributed by atoms with Crippen molar-refractivity contribution in [1.29, 1.82) is 0 Å². The van der Waals surface area contributed by atoms with Gasteiger partial charge in [0.25, 0.3) is 0 Å². The third-order valence-electron chi connectivity index (χ3n) is 3.16. The summed E-state index contributed by atoms with van der Waals surface area (Å²) in [6.07, 6.45) is 2.25. The van der Waals surface area contributed by atoms with Gasteiger partial charge in [0.05, 0.1) is 19.3 Å². The van der Waals surface area contributed by atoms with Gasteiger partial charge in [-0.3, -0.25) is 4.79 Å². The zero-order chi connectivity index (χ0) is 17.1. The van der Waals surface area contributed by atoms with Crippen LogP contribution in [-0.4, -0.2) is 32.1 Å². The largest absolute Gasteiger partial charge is 0.495 e. The molecule has 0 aliphatic heterocycles. The molecule has 3 N–H and O–H groups in total. The number of carbonyl (C=O) groups is 1. The fourth-order valence-electron chi connectivity index (χ4n) is 2.04. The molecule has 6 nitrogen and oxygen atoms in total. The van der Waals surface area contributed by atoms with Gasteiger partial charge in [-0.25, -0.2) is 4.99 Å². The zero-order valence-corrected chi connectivity index (χ0v) is 14.5. The van der Waals surface area contributed by atoms with Crippen LogP contribution >= 0.6 is 0 Å². The Morgan fingerprint density at radius 2 is 2.04 bits per heavy atom. The summed E-state index contributed by atoms with van der Waals surface area (Å²) in [6.45, 7) is 7.93. The minimum Gasteiger partial charge on any atom is -0.495 e. The molecule has 0 unspecified atom stereocenters. The van der Waals surface area contributed by atoms with E-state index in [0.717, 1.165) is 37.5 Å². The van der Waals surface area contributed by atoms with Crippen molar-refractivity contribution in [1.82, 2.24) is 10.6 Å². The Labute approximate surface area is 138 Å². The number of methoxy groups -OCH3 is 1. The highest BCUT2D eigenvalue weighted by atomic mass is 16.5. The number of benzene rings is 1. The topological polar surface area (TPSA) is 74.8 Å². The number of anilines is 1. The number of hydrogen-bond donors (Lipinski definition) is 3. The number of unbranched alkanes of at least 4 members (excludes halogenated alkanes) is 1. The van der Waals surface area contributed by atoms with Gasteiger partial charge in [-0.1, -0.05) is 19.4 Å². The molecule has 0 fully saturated rings. The van der Waals surface area contributed by atoms with E-state index in [-0.39, 0.29) is 5.91 Å². The van der Waals surface area contributed by atoms with E-state index >= 15 is 0 Å². The molecule has 1 rings (SSSR count). The molecule has 6 heteroatoms. The lowest BCUT2D eigenvalue weighted by molar-refractivity contribution is -0.114. The summed E-state index contributed by atoms with van der Waals surface area (Å²) in [4.78, 5) is 15.8. The Kier molecular flexibility index (Phi) is 8.57. The molecule has 1 aromatic rings. The molecule has 0 aliphatic rings. The van der Waals surface area contributed by atoms with Crippen molar-refractivity contribution in [3.05, 3.63) is 23.8 Å². The monoisotopic (exact) mass is 320 g/mol. The highest BCUT2D eigenvalue weighted by Crippen LogP contribution is 2.25. The first-order valence-corrected chi connectivity index (χ1v) is 8.07. The Morgan fingerprint density at radius 3 is 2.65 bits per heavy atom. The summed E-state index contributed by atoms with van der Waals surface area (Å²) in [5.74, 6) is 1.32. The fraction of sp³-hybridized carbons (Fsp3) is 0.529. The summed E-state index contributed by atoms with van der Waals surface area (Å²) in [6, 6.07) is 5.68. The lowest BCUT2D eigenvalue weighted by atomic mass is 10.2. The minimum absolute atomic E-state index is 0.126. The van der Waals surface area contributed by atoms with Crippen LogP contribution in [0.25, 0.3) is 0 Å². The van der Waals surface area contributed by atoms with Crippen LogP contribution in [0.4, 0.5) is 5.69 Å². The van der Waals surface area contributed by atoms with Crippen LogP contribution < -0.4 is 20.7 Å². The van der Waals surface area contributed by atoms with E-state index in [9.17, 15) is 4.79 Å². The second-order valence-electron chi connectivity index (χ2n) is 5.19. The smallest absolute Gasteiger partial charge is 0.221 e. The maximum Gasteiger partial charge on any atom is 0.221 e. The summed E-state index contributed by atoms with van der Waals surface area (Å²) < 4.78 is 5.26. The summed E-state index contributed by atoms with van der Waals surface area (Å²) in [7, 11) is 1.58.